The second-order valence-electron chi connectivity index (χ2n) is 7.03. The summed E-state index contributed by atoms with van der Waals surface area (Å²) < 4.78 is 49.6. The first kappa shape index (κ1) is 28.7. The highest BCUT2D eigenvalue weighted by atomic mass is 19.5. The molecule has 0 saturated carbocycles. The van der Waals surface area contributed by atoms with Crippen LogP contribution in [0.1, 0.15) is 88.4 Å². The summed E-state index contributed by atoms with van der Waals surface area (Å²) in [7, 11) is -6.00. The molecule has 0 unspecified atom stereocenters. The maximum atomic E-state index is 11.7. The summed E-state index contributed by atoms with van der Waals surface area (Å²) >= 11 is 0. The summed E-state index contributed by atoms with van der Waals surface area (Å²) in [6.45, 7) is 4.88. The smallest absolute Gasteiger partial charge is 0.486 e. The first-order valence-electron chi connectivity index (χ1n) is 10.9. The zero-order valence-electron chi connectivity index (χ0n) is 18.4. The lowest BCUT2D eigenvalue weighted by atomic mass is 10.1. The standard InChI is InChI=1S/C21H33N2O3.BF4/c1-3-5-6-7-8-9-10-11-12-13-16-26-20-15-14-18(17-19(20)23-22)21(24)25-4-2;2-1(3,4)5/h14-15,17H,3-13,16H2,1-2H3;/q+1;-1. The fraction of sp³-hybridized carbons (Fsp3) is 0.667. The second-order valence-corrected chi connectivity index (χ2v) is 7.03. The van der Waals surface area contributed by atoms with Crippen LogP contribution in [0.25, 0.3) is 4.98 Å². The number of benzene rings is 1. The van der Waals surface area contributed by atoms with Crippen LogP contribution in [0.2, 0.25) is 0 Å². The number of diazo groups is 1. The van der Waals surface area contributed by atoms with E-state index in [4.69, 9.17) is 14.9 Å². The summed E-state index contributed by atoms with van der Waals surface area (Å²) in [4.78, 5) is 14.9. The number of carbonyl (C=O) groups excluding carboxylic acids is 1. The van der Waals surface area contributed by atoms with Crippen molar-refractivity contribution in [3.63, 3.8) is 0 Å². The molecule has 0 saturated heterocycles. The molecule has 0 N–H and O–H groups in total. The Kier molecular flexibility index (Phi) is 16.1. The molecule has 0 atom stereocenters. The Labute approximate surface area is 182 Å². The number of halogens is 4. The van der Waals surface area contributed by atoms with Crippen molar-refractivity contribution in [3.8, 4) is 5.75 Å². The van der Waals surface area contributed by atoms with Crippen LogP contribution in [-0.2, 0) is 4.74 Å². The maximum Gasteiger partial charge on any atom is 0.673 e. The second kappa shape index (κ2) is 17.4. The molecular formula is C21H33BF4N2O3. The zero-order valence-corrected chi connectivity index (χ0v) is 18.4. The van der Waals surface area contributed by atoms with Gasteiger partial charge in [-0.05, 0) is 25.5 Å². The topological polar surface area (TPSA) is 63.7 Å². The van der Waals surface area contributed by atoms with Gasteiger partial charge >= 0.3 is 18.9 Å². The first-order chi connectivity index (χ1) is 14.7. The van der Waals surface area contributed by atoms with Gasteiger partial charge in [0.15, 0.2) is 4.98 Å². The highest BCUT2D eigenvalue weighted by molar-refractivity contribution is 6.50. The molecule has 0 aliphatic rings. The van der Waals surface area contributed by atoms with Gasteiger partial charge in [0.25, 0.3) is 0 Å². The fourth-order valence-electron chi connectivity index (χ4n) is 2.83. The fourth-order valence-corrected chi connectivity index (χ4v) is 2.83. The van der Waals surface area contributed by atoms with Gasteiger partial charge in [-0.3, -0.25) is 0 Å². The molecule has 1 aromatic rings. The van der Waals surface area contributed by atoms with E-state index in [0.717, 1.165) is 12.8 Å². The van der Waals surface area contributed by atoms with Crippen LogP contribution < -0.4 is 4.74 Å². The summed E-state index contributed by atoms with van der Waals surface area (Å²) in [5.41, 5.74) is 0.605. The Balaban J connectivity index is 0.00000161. The van der Waals surface area contributed by atoms with Crippen LogP contribution in [0.15, 0.2) is 18.2 Å². The minimum absolute atomic E-state index is 0.252. The molecule has 176 valence electrons. The minimum Gasteiger partial charge on any atom is -0.486 e. The van der Waals surface area contributed by atoms with Crippen molar-refractivity contribution < 1.29 is 31.5 Å². The molecule has 0 aliphatic heterocycles. The molecule has 0 radical (unpaired) electrons. The monoisotopic (exact) mass is 448 g/mol. The quantitative estimate of drug-likeness (QED) is 0.0953. The molecule has 0 spiro atoms. The number of hydrogen-bond donors (Lipinski definition) is 0. The molecular weight excluding hydrogens is 415 g/mol. The normalized spacial score (nSPS) is 10.6. The Morgan fingerprint density at radius 3 is 1.94 bits per heavy atom. The van der Waals surface area contributed by atoms with Gasteiger partial charge in [-0.1, -0.05) is 64.7 Å². The van der Waals surface area contributed by atoms with E-state index in [-0.39, 0.29) is 5.69 Å². The van der Waals surface area contributed by atoms with E-state index in [2.05, 4.69) is 11.9 Å². The third-order valence-electron chi connectivity index (χ3n) is 4.33. The van der Waals surface area contributed by atoms with Gasteiger partial charge in [-0.15, -0.1) is 0 Å². The number of unbranched alkanes of at least 4 members (excludes halogenated alkanes) is 9. The van der Waals surface area contributed by atoms with Gasteiger partial charge in [0, 0.05) is 0 Å². The summed E-state index contributed by atoms with van der Waals surface area (Å²) in [5, 5.41) is 9.12. The predicted octanol–water partition coefficient (Wildman–Crippen LogP) is 7.95. The average Bonchev–Trinajstić information content (AvgIpc) is 2.71. The summed E-state index contributed by atoms with van der Waals surface area (Å²) in [6, 6.07) is 4.75. The van der Waals surface area contributed by atoms with Gasteiger partial charge in [0.1, 0.15) is 0 Å². The predicted molar refractivity (Wildman–Crippen MR) is 115 cm³/mol. The van der Waals surface area contributed by atoms with Crippen molar-refractivity contribution in [2.45, 2.75) is 78.1 Å². The van der Waals surface area contributed by atoms with Crippen LogP contribution in [-0.4, -0.2) is 26.4 Å². The largest absolute Gasteiger partial charge is 0.673 e. The number of hydrogen-bond acceptors (Lipinski definition) is 4. The molecule has 10 heteroatoms. The third kappa shape index (κ3) is 17.1. The molecule has 0 amide bonds. The number of nitrogens with zero attached hydrogens (tertiary/aromatic N) is 2. The van der Waals surface area contributed by atoms with Gasteiger partial charge < -0.3 is 26.7 Å². The van der Waals surface area contributed by atoms with E-state index in [1.165, 1.54) is 57.4 Å². The molecule has 5 nitrogen and oxygen atoms in total. The van der Waals surface area contributed by atoms with E-state index < -0.39 is 13.2 Å². The molecule has 0 aliphatic carbocycles. The maximum absolute atomic E-state index is 11.7. The van der Waals surface area contributed by atoms with Crippen molar-refractivity contribution >= 4 is 18.9 Å². The Morgan fingerprint density at radius 2 is 1.45 bits per heavy atom. The van der Waals surface area contributed by atoms with Crippen LogP contribution in [0.4, 0.5) is 23.0 Å². The molecule has 0 fully saturated rings. The number of rotatable bonds is 14. The van der Waals surface area contributed by atoms with Gasteiger partial charge in [0.2, 0.25) is 11.1 Å². The van der Waals surface area contributed by atoms with Crippen LogP contribution >= 0.6 is 0 Å². The van der Waals surface area contributed by atoms with Crippen molar-refractivity contribution in [1.29, 1.82) is 5.39 Å². The molecule has 0 heterocycles. The van der Waals surface area contributed by atoms with Gasteiger partial charge in [0.05, 0.1) is 24.8 Å². The molecule has 0 bridgehead atoms. The third-order valence-corrected chi connectivity index (χ3v) is 4.33. The average molecular weight is 448 g/mol. The lowest BCUT2D eigenvalue weighted by molar-refractivity contribution is 0.0526. The molecule has 1 aromatic carbocycles. The first-order valence-corrected chi connectivity index (χ1v) is 10.9. The van der Waals surface area contributed by atoms with Crippen LogP contribution in [0.5, 0.6) is 5.75 Å². The summed E-state index contributed by atoms with van der Waals surface area (Å²) in [6.07, 6.45) is 12.7. The van der Waals surface area contributed by atoms with Gasteiger partial charge in [-0.2, -0.15) is 0 Å². The van der Waals surface area contributed by atoms with Crippen molar-refractivity contribution in [2.24, 2.45) is 0 Å². The Hall–Kier alpha value is -2.31. The lowest BCUT2D eigenvalue weighted by Gasteiger charge is -2.06. The highest BCUT2D eigenvalue weighted by Gasteiger charge is 2.21. The Morgan fingerprint density at radius 1 is 0.935 bits per heavy atom. The zero-order chi connectivity index (χ0) is 23.5. The van der Waals surface area contributed by atoms with Gasteiger partial charge in [-0.25, -0.2) is 4.79 Å². The van der Waals surface area contributed by atoms with Crippen LogP contribution in [0.3, 0.4) is 0 Å². The summed E-state index contributed by atoms with van der Waals surface area (Å²) in [5.74, 6) is 0.0510. The molecule has 31 heavy (non-hydrogen) atoms. The number of carbonyl (C=O) groups is 1. The van der Waals surface area contributed by atoms with E-state index in [1.807, 2.05) is 0 Å². The van der Waals surface area contributed by atoms with E-state index in [1.54, 1.807) is 19.1 Å². The Bertz CT molecular complexity index is 661. The van der Waals surface area contributed by atoms with Crippen molar-refractivity contribution in [3.05, 3.63) is 28.7 Å². The minimum atomic E-state index is -6.00. The highest BCUT2D eigenvalue weighted by Crippen LogP contribution is 2.29. The van der Waals surface area contributed by atoms with Crippen LogP contribution in [0, 0.1) is 5.39 Å². The lowest BCUT2D eigenvalue weighted by Crippen LogP contribution is -2.04. The SMILES string of the molecule is CCCCCCCCCCCCOc1ccc(C(=O)OCC)cc1[N+]#N.F[B-](F)(F)F. The van der Waals surface area contributed by atoms with E-state index in [9.17, 15) is 22.1 Å². The number of ether oxygens (including phenoxy) is 2. The molecule has 1 rings (SSSR count). The van der Waals surface area contributed by atoms with E-state index >= 15 is 0 Å². The molecule has 0 aromatic heterocycles. The van der Waals surface area contributed by atoms with E-state index in [0.29, 0.717) is 24.5 Å². The van der Waals surface area contributed by atoms with Crippen molar-refractivity contribution in [1.82, 2.24) is 0 Å². The number of esters is 1. The van der Waals surface area contributed by atoms with Crippen molar-refractivity contribution in [2.75, 3.05) is 13.2 Å².